The molecule has 2 aromatic carbocycles. The fourth-order valence-corrected chi connectivity index (χ4v) is 2.91. The van der Waals surface area contributed by atoms with E-state index in [1.807, 2.05) is 63.5 Å². The third-order valence-electron chi connectivity index (χ3n) is 4.66. The van der Waals surface area contributed by atoms with Gasteiger partial charge in [0, 0.05) is 13.1 Å². The lowest BCUT2D eigenvalue weighted by Crippen LogP contribution is -2.35. The van der Waals surface area contributed by atoms with Gasteiger partial charge < -0.3 is 14.4 Å². The van der Waals surface area contributed by atoms with Crippen molar-refractivity contribution >= 4 is 18.0 Å². The molecule has 1 saturated heterocycles. The molecule has 0 radical (unpaired) electrons. The van der Waals surface area contributed by atoms with Crippen LogP contribution in [0, 0.1) is 20.8 Å². The number of benzene rings is 2. The topological polar surface area (TPSA) is 51.1 Å². The number of hydrogen-bond acceptors (Lipinski definition) is 4. The maximum absolute atomic E-state index is 12.5. The molecule has 0 N–H and O–H groups in total. The van der Waals surface area contributed by atoms with Gasteiger partial charge in [0.2, 0.25) is 0 Å². The van der Waals surface area contributed by atoms with Gasteiger partial charge in [0.05, 0.1) is 30.8 Å². The molecule has 5 heteroatoms. The first-order valence-electron chi connectivity index (χ1n) is 9.23. The van der Waals surface area contributed by atoms with E-state index in [1.165, 1.54) is 5.56 Å². The molecular formula is C22H26N2O3. The van der Waals surface area contributed by atoms with Gasteiger partial charge in [-0.05, 0) is 49.6 Å². The lowest BCUT2D eigenvalue weighted by Gasteiger charge is -2.24. The number of nitrogens with zero attached hydrogens (tertiary/aromatic N) is 2. The first-order chi connectivity index (χ1) is 13.0. The Bertz CT molecular complexity index is 822. The molecule has 0 spiro atoms. The van der Waals surface area contributed by atoms with Gasteiger partial charge in [-0.25, -0.2) is 9.79 Å². The number of morpholine rings is 1. The van der Waals surface area contributed by atoms with E-state index in [4.69, 9.17) is 9.47 Å². The van der Waals surface area contributed by atoms with E-state index < -0.39 is 0 Å². The van der Waals surface area contributed by atoms with Crippen molar-refractivity contribution in [2.45, 2.75) is 27.4 Å². The predicted molar refractivity (Wildman–Crippen MR) is 107 cm³/mol. The van der Waals surface area contributed by atoms with Gasteiger partial charge in [-0.15, -0.1) is 0 Å². The Kier molecular flexibility index (Phi) is 6.24. The molecular weight excluding hydrogens is 340 g/mol. The molecule has 3 rings (SSSR count). The second kappa shape index (κ2) is 8.82. The van der Waals surface area contributed by atoms with Crippen LogP contribution >= 0.6 is 0 Å². The Morgan fingerprint density at radius 1 is 1.11 bits per heavy atom. The summed E-state index contributed by atoms with van der Waals surface area (Å²) in [5, 5.41) is 0. The van der Waals surface area contributed by atoms with E-state index in [0.717, 1.165) is 48.7 Å². The van der Waals surface area contributed by atoms with Crippen molar-refractivity contribution in [1.29, 1.82) is 0 Å². The zero-order valence-electron chi connectivity index (χ0n) is 16.2. The standard InChI is InChI=1S/C22H26N2O3/c1-16-4-6-19(7-5-16)14-27-22(25)20-12-18(3)21(13-17(20)2)23-15-24-8-10-26-11-9-24/h4-7,12-13,15H,8-11,14H2,1-3H3/b23-15+. The first kappa shape index (κ1) is 19.1. The molecule has 0 unspecified atom stereocenters. The van der Waals surface area contributed by atoms with Crippen LogP contribution in [0.1, 0.15) is 32.6 Å². The van der Waals surface area contributed by atoms with E-state index >= 15 is 0 Å². The number of aliphatic imine (C=N–C) groups is 1. The van der Waals surface area contributed by atoms with Crippen LogP contribution in [0.15, 0.2) is 41.4 Å². The molecule has 1 fully saturated rings. The normalized spacial score (nSPS) is 14.6. The molecule has 1 aliphatic heterocycles. The van der Waals surface area contributed by atoms with Crippen molar-refractivity contribution < 1.29 is 14.3 Å². The summed E-state index contributed by atoms with van der Waals surface area (Å²) in [6.45, 7) is 9.35. The lowest BCUT2D eigenvalue weighted by atomic mass is 10.0. The summed E-state index contributed by atoms with van der Waals surface area (Å²) in [4.78, 5) is 19.2. The van der Waals surface area contributed by atoms with Crippen LogP contribution in [-0.2, 0) is 16.1 Å². The van der Waals surface area contributed by atoms with Gasteiger partial charge in [-0.3, -0.25) is 0 Å². The van der Waals surface area contributed by atoms with E-state index in [2.05, 4.69) is 9.89 Å². The molecule has 5 nitrogen and oxygen atoms in total. The number of aryl methyl sites for hydroxylation is 3. The number of carbonyl (C=O) groups is 1. The fraction of sp³-hybridized carbons (Fsp3) is 0.364. The van der Waals surface area contributed by atoms with Crippen LogP contribution in [-0.4, -0.2) is 43.5 Å². The highest BCUT2D eigenvalue weighted by molar-refractivity contribution is 5.92. The molecule has 27 heavy (non-hydrogen) atoms. The van der Waals surface area contributed by atoms with Gasteiger partial charge in [0.25, 0.3) is 0 Å². The van der Waals surface area contributed by atoms with Crippen LogP contribution in [0.25, 0.3) is 0 Å². The molecule has 0 saturated carbocycles. The van der Waals surface area contributed by atoms with Crippen molar-refractivity contribution in [2.75, 3.05) is 26.3 Å². The fourth-order valence-electron chi connectivity index (χ4n) is 2.91. The van der Waals surface area contributed by atoms with E-state index in [1.54, 1.807) is 0 Å². The number of ether oxygens (including phenoxy) is 2. The Morgan fingerprint density at radius 3 is 2.52 bits per heavy atom. The van der Waals surface area contributed by atoms with Crippen LogP contribution in [0.3, 0.4) is 0 Å². The number of rotatable bonds is 5. The highest BCUT2D eigenvalue weighted by Gasteiger charge is 2.14. The van der Waals surface area contributed by atoms with Gasteiger partial charge in [-0.2, -0.15) is 0 Å². The second-order valence-electron chi connectivity index (χ2n) is 6.91. The minimum absolute atomic E-state index is 0.272. The molecule has 0 aromatic heterocycles. The largest absolute Gasteiger partial charge is 0.457 e. The van der Waals surface area contributed by atoms with Crippen molar-refractivity contribution in [1.82, 2.24) is 4.90 Å². The van der Waals surface area contributed by atoms with E-state index in [-0.39, 0.29) is 12.6 Å². The molecule has 0 aliphatic carbocycles. The Balaban J connectivity index is 1.66. The second-order valence-corrected chi connectivity index (χ2v) is 6.91. The minimum Gasteiger partial charge on any atom is -0.457 e. The minimum atomic E-state index is -0.306. The van der Waals surface area contributed by atoms with Gasteiger partial charge in [0.15, 0.2) is 0 Å². The van der Waals surface area contributed by atoms with E-state index in [9.17, 15) is 4.79 Å². The zero-order chi connectivity index (χ0) is 19.2. The summed E-state index contributed by atoms with van der Waals surface area (Å²) in [5.74, 6) is -0.306. The van der Waals surface area contributed by atoms with Crippen molar-refractivity contribution in [2.24, 2.45) is 4.99 Å². The summed E-state index contributed by atoms with van der Waals surface area (Å²) in [7, 11) is 0. The average molecular weight is 366 g/mol. The first-order valence-corrected chi connectivity index (χ1v) is 9.23. The smallest absolute Gasteiger partial charge is 0.338 e. The molecule has 2 aromatic rings. The van der Waals surface area contributed by atoms with Crippen molar-refractivity contribution in [3.63, 3.8) is 0 Å². The predicted octanol–water partition coefficient (Wildman–Crippen LogP) is 3.96. The quantitative estimate of drug-likeness (QED) is 0.457. The number of esters is 1. The van der Waals surface area contributed by atoms with Gasteiger partial charge in [0.1, 0.15) is 6.61 Å². The molecule has 0 bridgehead atoms. The van der Waals surface area contributed by atoms with Crippen molar-refractivity contribution in [3.05, 3.63) is 64.2 Å². The molecule has 142 valence electrons. The summed E-state index contributed by atoms with van der Waals surface area (Å²) in [5.41, 5.74) is 5.44. The number of carbonyl (C=O) groups excluding carboxylic acids is 1. The number of hydrogen-bond donors (Lipinski definition) is 0. The SMILES string of the molecule is Cc1ccc(COC(=O)c2cc(C)c(/N=C/N3CCOCC3)cc2C)cc1. The van der Waals surface area contributed by atoms with Gasteiger partial charge >= 0.3 is 5.97 Å². The van der Waals surface area contributed by atoms with E-state index in [0.29, 0.717) is 5.56 Å². The highest BCUT2D eigenvalue weighted by atomic mass is 16.5. The van der Waals surface area contributed by atoms with Crippen LogP contribution in [0.4, 0.5) is 5.69 Å². The molecule has 1 heterocycles. The zero-order valence-corrected chi connectivity index (χ0v) is 16.2. The van der Waals surface area contributed by atoms with Crippen LogP contribution in [0.2, 0.25) is 0 Å². The van der Waals surface area contributed by atoms with Crippen molar-refractivity contribution in [3.8, 4) is 0 Å². The average Bonchev–Trinajstić information content (AvgIpc) is 2.68. The van der Waals surface area contributed by atoms with Gasteiger partial charge in [-0.1, -0.05) is 29.8 Å². The lowest BCUT2D eigenvalue weighted by molar-refractivity contribution is 0.0472. The molecule has 1 aliphatic rings. The molecule has 0 amide bonds. The third kappa shape index (κ3) is 5.17. The Labute approximate surface area is 160 Å². The highest BCUT2D eigenvalue weighted by Crippen LogP contribution is 2.24. The summed E-state index contributed by atoms with van der Waals surface area (Å²) in [6, 6.07) is 11.8. The Hall–Kier alpha value is -2.66. The Morgan fingerprint density at radius 2 is 1.81 bits per heavy atom. The van der Waals surface area contributed by atoms with Crippen LogP contribution < -0.4 is 0 Å². The maximum atomic E-state index is 12.5. The summed E-state index contributed by atoms with van der Waals surface area (Å²) < 4.78 is 10.8. The maximum Gasteiger partial charge on any atom is 0.338 e. The summed E-state index contributed by atoms with van der Waals surface area (Å²) in [6.07, 6.45) is 1.86. The monoisotopic (exact) mass is 366 g/mol. The summed E-state index contributed by atoms with van der Waals surface area (Å²) >= 11 is 0. The third-order valence-corrected chi connectivity index (χ3v) is 4.66. The molecule has 0 atom stereocenters. The van der Waals surface area contributed by atoms with Crippen LogP contribution in [0.5, 0.6) is 0 Å².